The fourth-order valence-corrected chi connectivity index (χ4v) is 3.26. The molecule has 2 heterocycles. The second kappa shape index (κ2) is 6.16. The number of rotatable bonds is 4. The van der Waals surface area contributed by atoms with E-state index in [1.165, 1.54) is 11.3 Å². The van der Waals surface area contributed by atoms with Crippen molar-refractivity contribution in [2.45, 2.75) is 31.8 Å². The van der Waals surface area contributed by atoms with Gasteiger partial charge in [0.25, 0.3) is 0 Å². The number of carbonyl (C=O) groups is 2. The summed E-state index contributed by atoms with van der Waals surface area (Å²) in [6.07, 6.45) is 2.94. The number of hydrogen-bond acceptors (Lipinski definition) is 4. The number of amides is 1. The number of aromatic carboxylic acids is 1. The molecule has 1 unspecified atom stereocenters. The zero-order valence-corrected chi connectivity index (χ0v) is 11.7. The molecule has 1 fully saturated rings. The van der Waals surface area contributed by atoms with Crippen molar-refractivity contribution >= 4 is 23.2 Å². The Morgan fingerprint density at radius 2 is 2.32 bits per heavy atom. The normalized spacial score (nSPS) is 20.2. The number of carboxylic acid groups (broad SMARTS) is 1. The van der Waals surface area contributed by atoms with Crippen LogP contribution in [0.5, 0.6) is 0 Å². The first-order chi connectivity index (χ1) is 9.13. The Balaban J connectivity index is 2.13. The van der Waals surface area contributed by atoms with Crippen LogP contribution in [0.4, 0.5) is 0 Å². The third-order valence-corrected chi connectivity index (χ3v) is 4.42. The Morgan fingerprint density at radius 3 is 3.00 bits per heavy atom. The molecule has 1 amide bonds. The summed E-state index contributed by atoms with van der Waals surface area (Å²) in [4.78, 5) is 25.4. The average molecular weight is 282 g/mol. The highest BCUT2D eigenvalue weighted by molar-refractivity contribution is 7.12. The van der Waals surface area contributed by atoms with Crippen LogP contribution in [0, 0.1) is 0 Å². The molecule has 1 aliphatic heterocycles. The van der Waals surface area contributed by atoms with Gasteiger partial charge in [0, 0.05) is 13.6 Å². The van der Waals surface area contributed by atoms with Crippen molar-refractivity contribution in [1.29, 1.82) is 0 Å². The van der Waals surface area contributed by atoms with E-state index in [0.717, 1.165) is 31.4 Å². The molecule has 0 radical (unpaired) electrons. The van der Waals surface area contributed by atoms with Crippen molar-refractivity contribution in [3.05, 3.63) is 21.9 Å². The molecule has 2 N–H and O–H groups in total. The number of carbonyl (C=O) groups excluding carboxylic acids is 1. The van der Waals surface area contributed by atoms with E-state index < -0.39 is 5.97 Å². The molecule has 1 atom stereocenters. The molecule has 5 nitrogen and oxygen atoms in total. The fourth-order valence-electron chi connectivity index (χ4n) is 2.51. The van der Waals surface area contributed by atoms with E-state index in [9.17, 15) is 9.59 Å². The second-order valence-corrected chi connectivity index (χ2v) is 5.59. The van der Waals surface area contributed by atoms with Gasteiger partial charge in [-0.15, -0.1) is 11.3 Å². The fraction of sp³-hybridized carbons (Fsp3) is 0.538. The summed E-state index contributed by atoms with van der Waals surface area (Å²) in [5, 5.41) is 13.6. The van der Waals surface area contributed by atoms with Gasteiger partial charge in [-0.1, -0.05) is 6.42 Å². The van der Waals surface area contributed by atoms with E-state index >= 15 is 0 Å². The van der Waals surface area contributed by atoms with E-state index in [-0.39, 0.29) is 11.9 Å². The predicted octanol–water partition coefficient (Wildman–Crippen LogP) is 1.55. The van der Waals surface area contributed by atoms with E-state index in [1.807, 2.05) is 6.07 Å². The van der Waals surface area contributed by atoms with Crippen LogP contribution >= 0.6 is 11.3 Å². The van der Waals surface area contributed by atoms with Crippen LogP contribution in [0.25, 0.3) is 0 Å². The summed E-state index contributed by atoms with van der Waals surface area (Å²) in [7, 11) is 1.64. The van der Waals surface area contributed by atoms with Crippen LogP contribution in [0.1, 0.15) is 34.5 Å². The summed E-state index contributed by atoms with van der Waals surface area (Å²) in [5.74, 6) is -0.870. The van der Waals surface area contributed by atoms with Crippen LogP contribution < -0.4 is 5.32 Å². The molecule has 1 aliphatic rings. The molecule has 104 valence electrons. The summed E-state index contributed by atoms with van der Waals surface area (Å²) in [6, 6.07) is 1.70. The minimum absolute atomic E-state index is 0.0202. The monoisotopic (exact) mass is 282 g/mol. The Morgan fingerprint density at radius 1 is 1.53 bits per heavy atom. The molecule has 0 bridgehead atoms. The lowest BCUT2D eigenvalue weighted by Gasteiger charge is -2.34. The third-order valence-electron chi connectivity index (χ3n) is 3.48. The van der Waals surface area contributed by atoms with Gasteiger partial charge in [-0.25, -0.2) is 4.79 Å². The highest BCUT2D eigenvalue weighted by Gasteiger charge is 2.29. The molecule has 0 saturated carbocycles. The first kappa shape index (κ1) is 14.0. The van der Waals surface area contributed by atoms with Crippen LogP contribution in [0.2, 0.25) is 0 Å². The van der Waals surface area contributed by atoms with Gasteiger partial charge in [0.05, 0.1) is 6.04 Å². The van der Waals surface area contributed by atoms with Crippen molar-refractivity contribution < 1.29 is 14.7 Å². The number of nitrogens with zero attached hydrogens (tertiary/aromatic N) is 1. The Hall–Kier alpha value is -1.40. The second-order valence-electron chi connectivity index (χ2n) is 4.68. The number of hydrogen-bond donors (Lipinski definition) is 2. The Bertz CT molecular complexity index is 472. The van der Waals surface area contributed by atoms with Crippen molar-refractivity contribution in [3.8, 4) is 0 Å². The van der Waals surface area contributed by atoms with Crippen molar-refractivity contribution in [1.82, 2.24) is 10.2 Å². The van der Waals surface area contributed by atoms with Gasteiger partial charge in [0.1, 0.15) is 4.88 Å². The molecular formula is C13H18N2O3S. The summed E-state index contributed by atoms with van der Waals surface area (Å²) in [5.41, 5.74) is 0.799. The number of piperidine rings is 1. The molecule has 1 saturated heterocycles. The quantitative estimate of drug-likeness (QED) is 0.879. The number of thiophene rings is 1. The SMILES string of the molecule is CNC(=O)C1CCCCN1Cc1ccsc1C(=O)O. The molecule has 2 rings (SSSR count). The summed E-state index contributed by atoms with van der Waals surface area (Å²) < 4.78 is 0. The molecule has 0 aliphatic carbocycles. The number of likely N-dealkylation sites (tertiary alicyclic amines) is 1. The number of carboxylic acids is 1. The minimum atomic E-state index is -0.890. The minimum Gasteiger partial charge on any atom is -0.477 e. The van der Waals surface area contributed by atoms with Crippen molar-refractivity contribution in [2.75, 3.05) is 13.6 Å². The summed E-state index contributed by atoms with van der Waals surface area (Å²) in [6.45, 7) is 1.37. The van der Waals surface area contributed by atoms with Gasteiger partial charge in [0.2, 0.25) is 5.91 Å². The lowest BCUT2D eigenvalue weighted by Crippen LogP contribution is -2.48. The molecule has 19 heavy (non-hydrogen) atoms. The lowest BCUT2D eigenvalue weighted by molar-refractivity contribution is -0.127. The topological polar surface area (TPSA) is 69.6 Å². The van der Waals surface area contributed by atoms with Gasteiger partial charge < -0.3 is 10.4 Å². The molecular weight excluding hydrogens is 264 g/mol. The maximum absolute atomic E-state index is 11.9. The van der Waals surface area contributed by atoms with E-state index in [2.05, 4.69) is 10.2 Å². The highest BCUT2D eigenvalue weighted by atomic mass is 32.1. The first-order valence-corrected chi connectivity index (χ1v) is 7.26. The van der Waals surface area contributed by atoms with Crippen LogP contribution in [0.15, 0.2) is 11.4 Å². The zero-order chi connectivity index (χ0) is 13.8. The first-order valence-electron chi connectivity index (χ1n) is 6.38. The lowest BCUT2D eigenvalue weighted by atomic mass is 10.0. The molecule has 1 aromatic rings. The van der Waals surface area contributed by atoms with Gasteiger partial charge in [-0.3, -0.25) is 9.69 Å². The molecule has 0 spiro atoms. The van der Waals surface area contributed by atoms with Crippen molar-refractivity contribution in [3.63, 3.8) is 0 Å². The Kier molecular flexibility index (Phi) is 4.55. The number of nitrogens with one attached hydrogen (secondary N) is 1. The number of likely N-dealkylation sites (N-methyl/N-ethyl adjacent to an activating group) is 1. The van der Waals surface area contributed by atoms with E-state index in [0.29, 0.717) is 11.4 Å². The molecule has 6 heteroatoms. The predicted molar refractivity (Wildman–Crippen MR) is 73.4 cm³/mol. The molecule has 1 aromatic heterocycles. The average Bonchev–Trinajstić information content (AvgIpc) is 2.87. The molecule has 0 aromatic carbocycles. The maximum Gasteiger partial charge on any atom is 0.346 e. The van der Waals surface area contributed by atoms with Crippen molar-refractivity contribution in [2.24, 2.45) is 0 Å². The van der Waals surface area contributed by atoms with Gasteiger partial charge in [-0.2, -0.15) is 0 Å². The van der Waals surface area contributed by atoms with Crippen LogP contribution in [-0.4, -0.2) is 41.5 Å². The Labute approximate surface area is 116 Å². The standard InChI is InChI=1S/C13H18N2O3S/c1-14-12(16)10-4-2-3-6-15(10)8-9-5-7-19-11(9)13(17)18/h5,7,10H,2-4,6,8H2,1H3,(H,14,16)(H,17,18). The highest BCUT2D eigenvalue weighted by Crippen LogP contribution is 2.24. The van der Waals surface area contributed by atoms with Crippen LogP contribution in [-0.2, 0) is 11.3 Å². The van der Waals surface area contributed by atoms with E-state index in [4.69, 9.17) is 5.11 Å². The third kappa shape index (κ3) is 3.13. The van der Waals surface area contributed by atoms with Gasteiger partial charge in [0.15, 0.2) is 0 Å². The van der Waals surface area contributed by atoms with Gasteiger partial charge >= 0.3 is 5.97 Å². The van der Waals surface area contributed by atoms with E-state index in [1.54, 1.807) is 12.4 Å². The zero-order valence-electron chi connectivity index (χ0n) is 10.9. The van der Waals surface area contributed by atoms with Crippen LogP contribution in [0.3, 0.4) is 0 Å². The smallest absolute Gasteiger partial charge is 0.346 e. The largest absolute Gasteiger partial charge is 0.477 e. The van der Waals surface area contributed by atoms with Gasteiger partial charge in [-0.05, 0) is 36.4 Å². The maximum atomic E-state index is 11.9. The summed E-state index contributed by atoms with van der Waals surface area (Å²) >= 11 is 1.23.